The number of aromatic hydroxyl groups is 1. The van der Waals surface area contributed by atoms with Crippen molar-refractivity contribution in [1.29, 1.82) is 0 Å². The number of rotatable bonds is 4. The van der Waals surface area contributed by atoms with Crippen LogP contribution in [0.25, 0.3) is 0 Å². The molecule has 0 aromatic heterocycles. The van der Waals surface area contributed by atoms with Crippen LogP contribution in [-0.2, 0) is 4.79 Å². The van der Waals surface area contributed by atoms with Crippen LogP contribution in [0.3, 0.4) is 0 Å². The largest absolute Gasteiger partial charge is 0.505 e. The van der Waals surface area contributed by atoms with Crippen LogP contribution in [0.2, 0.25) is 0 Å². The number of hydrogen-bond donors (Lipinski definition) is 3. The molecule has 0 spiro atoms. The van der Waals surface area contributed by atoms with Gasteiger partial charge in [0.1, 0.15) is 5.75 Å². The number of anilines is 2. The zero-order chi connectivity index (χ0) is 13.7. The van der Waals surface area contributed by atoms with E-state index >= 15 is 0 Å². The molecule has 0 saturated carbocycles. The van der Waals surface area contributed by atoms with Gasteiger partial charge in [0.15, 0.2) is 0 Å². The number of benzene rings is 2. The van der Waals surface area contributed by atoms with Crippen LogP contribution in [0, 0.1) is 6.92 Å². The second kappa shape index (κ2) is 5.91. The van der Waals surface area contributed by atoms with Crippen molar-refractivity contribution in [2.75, 3.05) is 17.2 Å². The van der Waals surface area contributed by atoms with Crippen molar-refractivity contribution in [3.8, 4) is 5.75 Å². The maximum absolute atomic E-state index is 11.8. The van der Waals surface area contributed by atoms with Crippen molar-refractivity contribution in [3.05, 3.63) is 54.1 Å². The number of amides is 1. The van der Waals surface area contributed by atoms with Crippen LogP contribution in [0.1, 0.15) is 5.56 Å². The van der Waals surface area contributed by atoms with Crippen molar-refractivity contribution in [1.82, 2.24) is 0 Å². The molecule has 0 radical (unpaired) electrons. The first-order chi connectivity index (χ1) is 9.16. The summed E-state index contributed by atoms with van der Waals surface area (Å²) in [7, 11) is 0. The molecule has 0 aliphatic rings. The fraction of sp³-hybridized carbons (Fsp3) is 0.133. The number of hydrogen-bond acceptors (Lipinski definition) is 3. The van der Waals surface area contributed by atoms with Gasteiger partial charge in [0, 0.05) is 5.69 Å². The van der Waals surface area contributed by atoms with Gasteiger partial charge in [0.2, 0.25) is 5.91 Å². The smallest absolute Gasteiger partial charge is 0.243 e. The average Bonchev–Trinajstić information content (AvgIpc) is 2.43. The molecule has 4 nitrogen and oxygen atoms in total. The molecule has 0 atom stereocenters. The van der Waals surface area contributed by atoms with Gasteiger partial charge in [-0.1, -0.05) is 30.3 Å². The van der Waals surface area contributed by atoms with Crippen LogP contribution in [-0.4, -0.2) is 17.6 Å². The summed E-state index contributed by atoms with van der Waals surface area (Å²) >= 11 is 0. The number of phenols is 1. The van der Waals surface area contributed by atoms with Crippen molar-refractivity contribution in [2.45, 2.75) is 6.92 Å². The molecule has 0 heterocycles. The molecule has 0 saturated heterocycles. The minimum Gasteiger partial charge on any atom is -0.505 e. The number of carbonyl (C=O) groups is 1. The molecule has 0 unspecified atom stereocenters. The Morgan fingerprint density at radius 1 is 1.11 bits per heavy atom. The third-order valence-electron chi connectivity index (χ3n) is 2.74. The summed E-state index contributed by atoms with van der Waals surface area (Å²) in [6, 6.07) is 14.7. The van der Waals surface area contributed by atoms with Crippen LogP contribution in [0.4, 0.5) is 11.4 Å². The normalized spacial score (nSPS) is 9.95. The molecule has 98 valence electrons. The molecule has 0 bridgehead atoms. The predicted molar refractivity (Wildman–Crippen MR) is 76.4 cm³/mol. The minimum atomic E-state index is -0.204. The van der Waals surface area contributed by atoms with Gasteiger partial charge in [-0.3, -0.25) is 4.79 Å². The maximum atomic E-state index is 11.8. The minimum absolute atomic E-state index is 0.107. The standard InChI is InChI=1S/C15H16N2O2/c1-11-6-5-9-13(15(11)19)17-14(18)10-16-12-7-3-2-4-8-12/h2-9,16,19H,10H2,1H3,(H,17,18). The van der Waals surface area contributed by atoms with Gasteiger partial charge in [-0.05, 0) is 30.7 Å². The van der Waals surface area contributed by atoms with E-state index < -0.39 is 0 Å². The van der Waals surface area contributed by atoms with Crippen molar-refractivity contribution < 1.29 is 9.90 Å². The lowest BCUT2D eigenvalue weighted by atomic mass is 10.2. The van der Waals surface area contributed by atoms with E-state index in [1.807, 2.05) is 30.3 Å². The van der Waals surface area contributed by atoms with Gasteiger partial charge in [-0.15, -0.1) is 0 Å². The molecule has 0 aliphatic heterocycles. The number of nitrogens with one attached hydrogen (secondary N) is 2. The van der Waals surface area contributed by atoms with E-state index in [2.05, 4.69) is 10.6 Å². The lowest BCUT2D eigenvalue weighted by Crippen LogP contribution is -2.21. The molecule has 2 rings (SSSR count). The van der Waals surface area contributed by atoms with Gasteiger partial charge in [0.25, 0.3) is 0 Å². The second-order valence-corrected chi connectivity index (χ2v) is 4.24. The Morgan fingerprint density at radius 2 is 1.84 bits per heavy atom. The molecule has 19 heavy (non-hydrogen) atoms. The Kier molecular flexibility index (Phi) is 4.03. The van der Waals surface area contributed by atoms with Crippen LogP contribution in [0.15, 0.2) is 48.5 Å². The van der Waals surface area contributed by atoms with E-state index in [1.165, 1.54) is 0 Å². The summed E-state index contributed by atoms with van der Waals surface area (Å²) in [6.45, 7) is 1.94. The van der Waals surface area contributed by atoms with Gasteiger partial charge < -0.3 is 15.7 Å². The number of carbonyl (C=O) groups excluding carboxylic acids is 1. The van der Waals surface area contributed by atoms with Gasteiger partial charge in [0.05, 0.1) is 12.2 Å². The van der Waals surface area contributed by atoms with Crippen molar-refractivity contribution in [2.24, 2.45) is 0 Å². The Bertz CT molecular complexity index is 568. The number of aryl methyl sites for hydroxylation is 1. The lowest BCUT2D eigenvalue weighted by Gasteiger charge is -2.10. The summed E-state index contributed by atoms with van der Waals surface area (Å²) in [4.78, 5) is 11.8. The third-order valence-corrected chi connectivity index (χ3v) is 2.74. The Labute approximate surface area is 112 Å². The van der Waals surface area contributed by atoms with E-state index in [1.54, 1.807) is 25.1 Å². The first kappa shape index (κ1) is 13.0. The summed E-state index contributed by atoms with van der Waals surface area (Å²) < 4.78 is 0. The highest BCUT2D eigenvalue weighted by Gasteiger charge is 2.07. The van der Waals surface area contributed by atoms with E-state index in [0.29, 0.717) is 5.69 Å². The Hall–Kier alpha value is -2.49. The molecule has 0 fully saturated rings. The zero-order valence-electron chi connectivity index (χ0n) is 10.7. The van der Waals surface area contributed by atoms with Crippen LogP contribution < -0.4 is 10.6 Å². The topological polar surface area (TPSA) is 61.4 Å². The van der Waals surface area contributed by atoms with Gasteiger partial charge in [-0.25, -0.2) is 0 Å². The maximum Gasteiger partial charge on any atom is 0.243 e. The summed E-state index contributed by atoms with van der Waals surface area (Å²) in [5, 5.41) is 15.5. The number of phenolic OH excluding ortho intramolecular Hbond substituents is 1. The lowest BCUT2D eigenvalue weighted by molar-refractivity contribution is -0.114. The molecule has 1 amide bonds. The molecule has 2 aromatic rings. The van der Waals surface area contributed by atoms with E-state index in [-0.39, 0.29) is 18.2 Å². The molecular formula is C15H16N2O2. The highest BCUT2D eigenvalue weighted by molar-refractivity contribution is 5.95. The first-order valence-electron chi connectivity index (χ1n) is 6.04. The van der Waals surface area contributed by atoms with Gasteiger partial charge in [-0.2, -0.15) is 0 Å². The quantitative estimate of drug-likeness (QED) is 0.737. The fourth-order valence-electron chi connectivity index (χ4n) is 1.69. The molecule has 3 N–H and O–H groups in total. The highest BCUT2D eigenvalue weighted by atomic mass is 16.3. The fourth-order valence-corrected chi connectivity index (χ4v) is 1.69. The summed E-state index contributed by atoms with van der Waals surface area (Å²) in [5.41, 5.74) is 2.04. The molecule has 0 aliphatic carbocycles. The first-order valence-corrected chi connectivity index (χ1v) is 6.04. The Balaban J connectivity index is 1.93. The van der Waals surface area contributed by atoms with Crippen LogP contribution >= 0.6 is 0 Å². The molecule has 2 aromatic carbocycles. The van der Waals surface area contributed by atoms with Crippen molar-refractivity contribution in [3.63, 3.8) is 0 Å². The average molecular weight is 256 g/mol. The number of para-hydroxylation sites is 2. The molecular weight excluding hydrogens is 240 g/mol. The highest BCUT2D eigenvalue weighted by Crippen LogP contribution is 2.26. The summed E-state index contributed by atoms with van der Waals surface area (Å²) in [6.07, 6.45) is 0. The zero-order valence-corrected chi connectivity index (χ0v) is 10.7. The van der Waals surface area contributed by atoms with Crippen LogP contribution in [0.5, 0.6) is 5.75 Å². The van der Waals surface area contributed by atoms with Gasteiger partial charge >= 0.3 is 0 Å². The van der Waals surface area contributed by atoms with E-state index in [0.717, 1.165) is 11.3 Å². The third kappa shape index (κ3) is 3.48. The summed E-state index contributed by atoms with van der Waals surface area (Å²) in [5.74, 6) is -0.0969. The van der Waals surface area contributed by atoms with Crippen molar-refractivity contribution >= 4 is 17.3 Å². The SMILES string of the molecule is Cc1cccc(NC(=O)CNc2ccccc2)c1O. The van der Waals surface area contributed by atoms with E-state index in [4.69, 9.17) is 0 Å². The molecule has 4 heteroatoms. The predicted octanol–water partition coefficient (Wildman–Crippen LogP) is 2.75. The monoisotopic (exact) mass is 256 g/mol. The van der Waals surface area contributed by atoms with E-state index in [9.17, 15) is 9.90 Å². The second-order valence-electron chi connectivity index (χ2n) is 4.24. The Morgan fingerprint density at radius 3 is 2.58 bits per heavy atom.